The van der Waals surface area contributed by atoms with Gasteiger partial charge in [0.2, 0.25) is 6.79 Å². The van der Waals surface area contributed by atoms with Crippen LogP contribution in [-0.4, -0.2) is 6.79 Å². The number of rotatable bonds is 2. The fourth-order valence-electron chi connectivity index (χ4n) is 2.98. The van der Waals surface area contributed by atoms with E-state index in [9.17, 15) is 0 Å². The SMILES string of the molecule is Clc1cc2c(cc1NC1CCc3c(Br)cccc31)OCO2. The van der Waals surface area contributed by atoms with Gasteiger partial charge in [0, 0.05) is 16.6 Å². The van der Waals surface area contributed by atoms with E-state index in [1.807, 2.05) is 12.1 Å². The fraction of sp³-hybridized carbons (Fsp3) is 0.250. The van der Waals surface area contributed by atoms with Crippen LogP contribution in [0.1, 0.15) is 23.6 Å². The van der Waals surface area contributed by atoms with Gasteiger partial charge in [0.15, 0.2) is 11.5 Å². The highest BCUT2D eigenvalue weighted by molar-refractivity contribution is 9.10. The summed E-state index contributed by atoms with van der Waals surface area (Å²) in [5, 5.41) is 4.19. The number of ether oxygens (including phenoxy) is 2. The molecule has 2 aliphatic rings. The van der Waals surface area contributed by atoms with Crippen molar-refractivity contribution in [2.45, 2.75) is 18.9 Å². The van der Waals surface area contributed by atoms with Crippen molar-refractivity contribution in [1.82, 2.24) is 0 Å². The van der Waals surface area contributed by atoms with Crippen LogP contribution >= 0.6 is 27.5 Å². The molecule has 2 aromatic rings. The van der Waals surface area contributed by atoms with E-state index in [-0.39, 0.29) is 12.8 Å². The lowest BCUT2D eigenvalue weighted by molar-refractivity contribution is 0.174. The molecule has 0 fully saturated rings. The molecular weight excluding hydrogens is 354 g/mol. The van der Waals surface area contributed by atoms with Crippen molar-refractivity contribution < 1.29 is 9.47 Å². The molecule has 0 bridgehead atoms. The van der Waals surface area contributed by atoms with Gasteiger partial charge in [0.05, 0.1) is 16.8 Å². The zero-order valence-electron chi connectivity index (χ0n) is 11.2. The molecule has 2 aromatic carbocycles. The molecule has 0 radical (unpaired) electrons. The molecule has 1 atom stereocenters. The number of nitrogens with one attached hydrogen (secondary N) is 1. The highest BCUT2D eigenvalue weighted by atomic mass is 79.9. The maximum absolute atomic E-state index is 6.34. The molecular formula is C16H13BrClNO2. The van der Waals surface area contributed by atoms with Crippen LogP contribution in [0.2, 0.25) is 5.02 Å². The Morgan fingerprint density at radius 1 is 1.19 bits per heavy atom. The van der Waals surface area contributed by atoms with Gasteiger partial charge in [-0.1, -0.05) is 39.7 Å². The molecule has 0 aromatic heterocycles. The van der Waals surface area contributed by atoms with Gasteiger partial charge >= 0.3 is 0 Å². The average Bonchev–Trinajstić information content (AvgIpc) is 3.07. The second-order valence-corrected chi connectivity index (χ2v) is 6.49. The maximum Gasteiger partial charge on any atom is 0.231 e. The van der Waals surface area contributed by atoms with Crippen LogP contribution in [0.15, 0.2) is 34.8 Å². The van der Waals surface area contributed by atoms with Crippen molar-refractivity contribution in [2.24, 2.45) is 0 Å². The number of benzene rings is 2. The molecule has 3 nitrogen and oxygen atoms in total. The lowest BCUT2D eigenvalue weighted by Gasteiger charge is -2.17. The summed E-state index contributed by atoms with van der Waals surface area (Å²) < 4.78 is 11.9. The minimum Gasteiger partial charge on any atom is -0.454 e. The van der Waals surface area contributed by atoms with Crippen molar-refractivity contribution in [3.8, 4) is 11.5 Å². The topological polar surface area (TPSA) is 30.5 Å². The Balaban J connectivity index is 1.65. The molecule has 108 valence electrons. The molecule has 5 heteroatoms. The molecule has 1 heterocycles. The maximum atomic E-state index is 6.34. The van der Waals surface area contributed by atoms with Crippen LogP contribution in [0, 0.1) is 0 Å². The van der Waals surface area contributed by atoms with Crippen LogP contribution < -0.4 is 14.8 Å². The lowest BCUT2D eigenvalue weighted by Crippen LogP contribution is -2.07. The minimum atomic E-state index is 0.258. The standard InChI is InChI=1S/C16H13BrClNO2/c17-11-3-1-2-10-9(11)4-5-13(10)19-14-7-16-15(6-12(14)18)20-8-21-16/h1-3,6-7,13,19H,4-5,8H2. The number of anilines is 1. The number of hydrogen-bond acceptors (Lipinski definition) is 3. The van der Waals surface area contributed by atoms with Gasteiger partial charge in [-0.15, -0.1) is 0 Å². The number of fused-ring (bicyclic) bond motifs is 2. The minimum absolute atomic E-state index is 0.258. The predicted octanol–water partition coefficient (Wildman–Crippen LogP) is 4.93. The number of hydrogen-bond donors (Lipinski definition) is 1. The quantitative estimate of drug-likeness (QED) is 0.817. The first-order valence-electron chi connectivity index (χ1n) is 6.85. The molecule has 21 heavy (non-hydrogen) atoms. The Bertz CT molecular complexity index is 720. The summed E-state index contributed by atoms with van der Waals surface area (Å²) in [6, 6.07) is 10.3. The summed E-state index contributed by atoms with van der Waals surface area (Å²) >= 11 is 9.96. The molecule has 0 saturated heterocycles. The Morgan fingerprint density at radius 2 is 2.00 bits per heavy atom. The fourth-order valence-corrected chi connectivity index (χ4v) is 3.76. The monoisotopic (exact) mass is 365 g/mol. The third-order valence-corrected chi connectivity index (χ3v) is 5.06. The van der Waals surface area contributed by atoms with Gasteiger partial charge in [0.1, 0.15) is 0 Å². The summed E-state index contributed by atoms with van der Waals surface area (Å²) in [7, 11) is 0. The second kappa shape index (κ2) is 5.11. The van der Waals surface area contributed by atoms with E-state index < -0.39 is 0 Å². The number of halogens is 2. The van der Waals surface area contributed by atoms with E-state index in [1.165, 1.54) is 15.6 Å². The predicted molar refractivity (Wildman–Crippen MR) is 86.4 cm³/mol. The highest BCUT2D eigenvalue weighted by Gasteiger charge is 2.25. The molecule has 0 saturated carbocycles. The first-order valence-corrected chi connectivity index (χ1v) is 8.02. The van der Waals surface area contributed by atoms with Crippen LogP contribution in [0.25, 0.3) is 0 Å². The summed E-state index contributed by atoms with van der Waals surface area (Å²) in [5.74, 6) is 1.45. The van der Waals surface area contributed by atoms with Crippen LogP contribution in [0.5, 0.6) is 11.5 Å². The highest BCUT2D eigenvalue weighted by Crippen LogP contribution is 2.43. The van der Waals surface area contributed by atoms with E-state index in [1.54, 1.807) is 0 Å². The third-order valence-electron chi connectivity index (χ3n) is 4.01. The van der Waals surface area contributed by atoms with Gasteiger partial charge in [-0.05, 0) is 30.0 Å². The lowest BCUT2D eigenvalue weighted by atomic mass is 10.1. The van der Waals surface area contributed by atoms with Gasteiger partial charge in [-0.2, -0.15) is 0 Å². The van der Waals surface area contributed by atoms with Crippen LogP contribution in [0.3, 0.4) is 0 Å². The van der Waals surface area contributed by atoms with Crippen molar-refractivity contribution >= 4 is 33.2 Å². The first-order chi connectivity index (χ1) is 10.2. The zero-order chi connectivity index (χ0) is 14.4. The van der Waals surface area contributed by atoms with E-state index in [4.69, 9.17) is 21.1 Å². The first kappa shape index (κ1) is 13.3. The Kier molecular flexibility index (Phi) is 3.23. The Labute approximate surface area is 136 Å². The van der Waals surface area contributed by atoms with Crippen molar-refractivity contribution in [1.29, 1.82) is 0 Å². The van der Waals surface area contributed by atoms with E-state index in [2.05, 4.69) is 39.4 Å². The normalized spacial score (nSPS) is 18.7. The Hall–Kier alpha value is -1.39. The van der Waals surface area contributed by atoms with Crippen molar-refractivity contribution in [3.05, 3.63) is 51.0 Å². The largest absolute Gasteiger partial charge is 0.454 e. The molecule has 1 N–H and O–H groups in total. The molecule has 1 unspecified atom stereocenters. The van der Waals surface area contributed by atoms with Crippen molar-refractivity contribution in [3.63, 3.8) is 0 Å². The second-order valence-electron chi connectivity index (χ2n) is 5.23. The average molecular weight is 367 g/mol. The van der Waals surface area contributed by atoms with Gasteiger partial charge < -0.3 is 14.8 Å². The zero-order valence-corrected chi connectivity index (χ0v) is 13.5. The van der Waals surface area contributed by atoms with Gasteiger partial charge in [-0.3, -0.25) is 0 Å². The Morgan fingerprint density at radius 3 is 2.86 bits per heavy atom. The molecule has 1 aliphatic carbocycles. The summed E-state index contributed by atoms with van der Waals surface area (Å²) in [4.78, 5) is 0. The van der Waals surface area contributed by atoms with Gasteiger partial charge in [0.25, 0.3) is 0 Å². The smallest absolute Gasteiger partial charge is 0.231 e. The summed E-state index contributed by atoms with van der Waals surface area (Å²) in [6.07, 6.45) is 2.12. The third kappa shape index (κ3) is 2.27. The van der Waals surface area contributed by atoms with E-state index in [0.29, 0.717) is 10.8 Å². The molecule has 0 spiro atoms. The molecule has 0 amide bonds. The van der Waals surface area contributed by atoms with Gasteiger partial charge in [-0.25, -0.2) is 0 Å². The van der Waals surface area contributed by atoms with E-state index >= 15 is 0 Å². The summed E-state index contributed by atoms with van der Waals surface area (Å²) in [5.41, 5.74) is 3.60. The summed E-state index contributed by atoms with van der Waals surface area (Å²) in [6.45, 7) is 0.258. The van der Waals surface area contributed by atoms with E-state index in [0.717, 1.165) is 24.3 Å². The van der Waals surface area contributed by atoms with Crippen LogP contribution in [0.4, 0.5) is 5.69 Å². The molecule has 1 aliphatic heterocycles. The van der Waals surface area contributed by atoms with Crippen LogP contribution in [-0.2, 0) is 6.42 Å². The molecule has 4 rings (SSSR count). The van der Waals surface area contributed by atoms with Crippen molar-refractivity contribution in [2.75, 3.05) is 12.1 Å².